The van der Waals surface area contributed by atoms with Crippen LogP contribution in [-0.4, -0.2) is 35.6 Å². The Labute approximate surface area is 94.9 Å². The maximum atomic E-state index is 9.53. The molecule has 16 heavy (non-hydrogen) atoms. The van der Waals surface area contributed by atoms with Crippen molar-refractivity contribution in [3.05, 3.63) is 35.4 Å². The molecule has 4 nitrogen and oxygen atoms in total. The van der Waals surface area contributed by atoms with E-state index in [1.165, 1.54) is 0 Å². The van der Waals surface area contributed by atoms with E-state index in [9.17, 15) is 5.11 Å². The number of aliphatic hydroxyl groups is 2. The predicted molar refractivity (Wildman–Crippen MR) is 59.8 cm³/mol. The molecular formula is C12H17NO3. The molecule has 0 aromatic heterocycles. The third kappa shape index (κ3) is 2.80. The van der Waals surface area contributed by atoms with E-state index in [0.717, 1.165) is 11.1 Å². The zero-order chi connectivity index (χ0) is 11.4. The van der Waals surface area contributed by atoms with Crippen LogP contribution in [-0.2, 0) is 17.9 Å². The number of aliphatic hydroxyl groups excluding tert-OH is 2. The molecule has 1 fully saturated rings. The van der Waals surface area contributed by atoms with E-state index in [1.54, 1.807) is 0 Å². The number of hydrogen-bond donors (Lipinski definition) is 3. The van der Waals surface area contributed by atoms with Crippen LogP contribution in [0.3, 0.4) is 0 Å². The molecule has 1 saturated heterocycles. The van der Waals surface area contributed by atoms with Crippen molar-refractivity contribution in [3.63, 3.8) is 0 Å². The van der Waals surface area contributed by atoms with Crippen molar-refractivity contribution in [3.8, 4) is 0 Å². The van der Waals surface area contributed by atoms with Gasteiger partial charge in [-0.25, -0.2) is 0 Å². The van der Waals surface area contributed by atoms with Gasteiger partial charge in [-0.15, -0.1) is 0 Å². The summed E-state index contributed by atoms with van der Waals surface area (Å²) in [5, 5.41) is 21.7. The van der Waals surface area contributed by atoms with Crippen LogP contribution in [0.15, 0.2) is 24.3 Å². The summed E-state index contributed by atoms with van der Waals surface area (Å²) in [7, 11) is 0. The van der Waals surface area contributed by atoms with Crippen LogP contribution in [0, 0.1) is 0 Å². The van der Waals surface area contributed by atoms with Crippen molar-refractivity contribution in [1.29, 1.82) is 0 Å². The minimum atomic E-state index is -0.406. The van der Waals surface area contributed by atoms with Crippen molar-refractivity contribution < 1.29 is 14.9 Å². The molecule has 1 aromatic rings. The molecule has 0 saturated carbocycles. The zero-order valence-electron chi connectivity index (χ0n) is 9.10. The van der Waals surface area contributed by atoms with Crippen molar-refractivity contribution in [2.45, 2.75) is 25.3 Å². The van der Waals surface area contributed by atoms with Crippen LogP contribution in [0.5, 0.6) is 0 Å². The number of ether oxygens (including phenoxy) is 1. The highest BCUT2D eigenvalue weighted by Crippen LogP contribution is 2.08. The summed E-state index contributed by atoms with van der Waals surface area (Å²) in [6.45, 7) is 1.76. The summed E-state index contributed by atoms with van der Waals surface area (Å²) in [5.74, 6) is 0. The van der Waals surface area contributed by atoms with Gasteiger partial charge in [-0.05, 0) is 11.1 Å². The Morgan fingerprint density at radius 2 is 1.88 bits per heavy atom. The molecule has 3 N–H and O–H groups in total. The molecule has 1 heterocycles. The fourth-order valence-corrected chi connectivity index (χ4v) is 1.75. The lowest BCUT2D eigenvalue weighted by molar-refractivity contribution is 0.122. The van der Waals surface area contributed by atoms with Crippen LogP contribution >= 0.6 is 0 Å². The summed E-state index contributed by atoms with van der Waals surface area (Å²) in [5.41, 5.74) is 2.05. The Morgan fingerprint density at radius 3 is 2.44 bits per heavy atom. The quantitative estimate of drug-likeness (QED) is 0.674. The van der Waals surface area contributed by atoms with E-state index in [2.05, 4.69) is 5.32 Å². The highest BCUT2D eigenvalue weighted by molar-refractivity contribution is 5.21. The van der Waals surface area contributed by atoms with Gasteiger partial charge in [0.05, 0.1) is 32.0 Å². The van der Waals surface area contributed by atoms with Gasteiger partial charge in [-0.1, -0.05) is 24.3 Å². The minimum Gasteiger partial charge on any atom is -0.392 e. The first-order chi connectivity index (χ1) is 7.79. The second-order valence-corrected chi connectivity index (χ2v) is 4.07. The van der Waals surface area contributed by atoms with Gasteiger partial charge in [-0.3, -0.25) is 0 Å². The molecule has 0 bridgehead atoms. The van der Waals surface area contributed by atoms with Crippen molar-refractivity contribution in [2.24, 2.45) is 0 Å². The third-order valence-electron chi connectivity index (χ3n) is 2.82. The van der Waals surface area contributed by atoms with Crippen LogP contribution in [0.2, 0.25) is 0 Å². The molecule has 1 aliphatic heterocycles. The van der Waals surface area contributed by atoms with E-state index in [4.69, 9.17) is 9.84 Å². The lowest BCUT2D eigenvalue weighted by Crippen LogP contribution is -2.38. The molecular weight excluding hydrogens is 206 g/mol. The van der Waals surface area contributed by atoms with Gasteiger partial charge in [0.15, 0.2) is 0 Å². The van der Waals surface area contributed by atoms with Gasteiger partial charge in [0.25, 0.3) is 0 Å². The molecule has 0 aliphatic carbocycles. The minimum absolute atomic E-state index is 0.0255. The predicted octanol–water partition coefficient (Wildman–Crippen LogP) is 0.0282. The van der Waals surface area contributed by atoms with E-state index < -0.39 is 6.10 Å². The van der Waals surface area contributed by atoms with E-state index in [0.29, 0.717) is 19.8 Å². The van der Waals surface area contributed by atoms with E-state index >= 15 is 0 Å². The molecule has 88 valence electrons. The average molecular weight is 223 g/mol. The van der Waals surface area contributed by atoms with Gasteiger partial charge in [-0.2, -0.15) is 0 Å². The molecule has 2 atom stereocenters. The SMILES string of the molecule is OCc1ccc(CNC2COCC2O)cc1. The van der Waals surface area contributed by atoms with Gasteiger partial charge in [0.2, 0.25) is 0 Å². The Kier molecular flexibility index (Phi) is 3.90. The summed E-state index contributed by atoms with van der Waals surface area (Å²) < 4.78 is 5.15. The zero-order valence-corrected chi connectivity index (χ0v) is 9.10. The highest BCUT2D eigenvalue weighted by atomic mass is 16.5. The maximum absolute atomic E-state index is 9.53. The summed E-state index contributed by atoms with van der Waals surface area (Å²) >= 11 is 0. The van der Waals surface area contributed by atoms with Crippen molar-refractivity contribution >= 4 is 0 Å². The molecule has 1 aliphatic rings. The molecule has 2 rings (SSSR count). The lowest BCUT2D eigenvalue weighted by atomic mass is 10.1. The Morgan fingerprint density at radius 1 is 1.19 bits per heavy atom. The molecule has 2 unspecified atom stereocenters. The Hall–Kier alpha value is -0.940. The van der Waals surface area contributed by atoms with Gasteiger partial charge in [0.1, 0.15) is 0 Å². The third-order valence-corrected chi connectivity index (χ3v) is 2.82. The largest absolute Gasteiger partial charge is 0.392 e. The van der Waals surface area contributed by atoms with Crippen LogP contribution in [0.25, 0.3) is 0 Å². The number of nitrogens with one attached hydrogen (secondary N) is 1. The fourth-order valence-electron chi connectivity index (χ4n) is 1.75. The average Bonchev–Trinajstić information content (AvgIpc) is 2.73. The van der Waals surface area contributed by atoms with Crippen molar-refractivity contribution in [1.82, 2.24) is 5.32 Å². The first kappa shape index (κ1) is 11.5. The van der Waals surface area contributed by atoms with Gasteiger partial charge < -0.3 is 20.3 Å². The summed E-state index contributed by atoms with van der Waals surface area (Å²) in [4.78, 5) is 0. The summed E-state index contributed by atoms with van der Waals surface area (Å²) in [6, 6.07) is 7.77. The Bertz CT molecular complexity index is 326. The monoisotopic (exact) mass is 223 g/mol. The van der Waals surface area contributed by atoms with Gasteiger partial charge in [0, 0.05) is 6.54 Å². The second kappa shape index (κ2) is 5.41. The van der Waals surface area contributed by atoms with Crippen LogP contribution < -0.4 is 5.32 Å². The van der Waals surface area contributed by atoms with E-state index in [-0.39, 0.29) is 12.6 Å². The highest BCUT2D eigenvalue weighted by Gasteiger charge is 2.25. The topological polar surface area (TPSA) is 61.7 Å². The normalized spacial score (nSPS) is 24.9. The standard InChI is InChI=1S/C12H17NO3/c14-6-10-3-1-9(2-4-10)5-13-11-7-16-8-12(11)15/h1-4,11-15H,5-8H2. The first-order valence-corrected chi connectivity index (χ1v) is 5.47. The number of rotatable bonds is 4. The molecule has 1 aromatic carbocycles. The van der Waals surface area contributed by atoms with E-state index in [1.807, 2.05) is 24.3 Å². The lowest BCUT2D eigenvalue weighted by Gasteiger charge is -2.14. The molecule has 0 radical (unpaired) electrons. The van der Waals surface area contributed by atoms with Crippen molar-refractivity contribution in [2.75, 3.05) is 13.2 Å². The fraction of sp³-hybridized carbons (Fsp3) is 0.500. The molecule has 4 heteroatoms. The number of hydrogen-bond acceptors (Lipinski definition) is 4. The van der Waals surface area contributed by atoms with Gasteiger partial charge >= 0.3 is 0 Å². The number of benzene rings is 1. The van der Waals surface area contributed by atoms with Crippen LogP contribution in [0.1, 0.15) is 11.1 Å². The second-order valence-electron chi connectivity index (χ2n) is 4.07. The molecule has 0 amide bonds. The van der Waals surface area contributed by atoms with Crippen LogP contribution in [0.4, 0.5) is 0 Å². The smallest absolute Gasteiger partial charge is 0.0948 e. The Balaban J connectivity index is 1.84. The maximum Gasteiger partial charge on any atom is 0.0948 e. The molecule has 0 spiro atoms. The summed E-state index contributed by atoms with van der Waals surface area (Å²) in [6.07, 6.45) is -0.406. The first-order valence-electron chi connectivity index (χ1n) is 5.47.